The fraction of sp³-hybridized carbons (Fsp3) is 0.625. The molecular formula is C24H32BNO5. The smallest absolute Gasteiger partial charge is 0.464 e. The van der Waals surface area contributed by atoms with Crippen LogP contribution in [0.15, 0.2) is 34.9 Å². The van der Waals surface area contributed by atoms with Crippen LogP contribution in [0.4, 0.5) is 4.79 Å². The molecule has 31 heavy (non-hydrogen) atoms. The number of furan rings is 1. The van der Waals surface area contributed by atoms with E-state index in [-0.39, 0.29) is 29.2 Å². The van der Waals surface area contributed by atoms with E-state index in [1.165, 1.54) is 6.42 Å². The first-order valence-corrected chi connectivity index (χ1v) is 11.4. The third kappa shape index (κ3) is 3.37. The van der Waals surface area contributed by atoms with Gasteiger partial charge in [0.15, 0.2) is 0 Å². The Labute approximate surface area is 184 Å². The van der Waals surface area contributed by atoms with Gasteiger partial charge in [-0.25, -0.2) is 4.79 Å². The fourth-order valence-corrected chi connectivity index (χ4v) is 6.11. The molecule has 0 unspecified atom stereocenters. The lowest BCUT2D eigenvalue weighted by molar-refractivity contribution is -0.199. The molecule has 166 valence electrons. The molecule has 1 amide bonds. The van der Waals surface area contributed by atoms with Crippen LogP contribution in [-0.2, 0) is 20.5 Å². The van der Waals surface area contributed by atoms with Gasteiger partial charge in [-0.3, -0.25) is 0 Å². The van der Waals surface area contributed by atoms with E-state index < -0.39 is 13.2 Å². The van der Waals surface area contributed by atoms with Gasteiger partial charge in [-0.1, -0.05) is 32.0 Å². The van der Waals surface area contributed by atoms with Crippen LogP contribution in [0, 0.1) is 17.3 Å². The summed E-state index contributed by atoms with van der Waals surface area (Å²) in [4.78, 5) is 12.5. The van der Waals surface area contributed by atoms with E-state index in [9.17, 15) is 4.79 Å². The zero-order valence-corrected chi connectivity index (χ0v) is 19.0. The summed E-state index contributed by atoms with van der Waals surface area (Å²) in [5.41, 5.74) is 1.78. The number of hydrogen-bond acceptors (Lipinski definition) is 5. The van der Waals surface area contributed by atoms with Crippen molar-refractivity contribution in [2.45, 2.75) is 77.6 Å². The number of carbonyl (C=O) groups excluding carboxylic acids is 1. The van der Waals surface area contributed by atoms with Gasteiger partial charge >= 0.3 is 13.2 Å². The van der Waals surface area contributed by atoms with Crippen molar-refractivity contribution in [3.63, 3.8) is 0 Å². The van der Waals surface area contributed by atoms with E-state index >= 15 is 0 Å². The molecule has 7 heteroatoms. The summed E-state index contributed by atoms with van der Waals surface area (Å²) >= 11 is 0. The van der Waals surface area contributed by atoms with Crippen molar-refractivity contribution < 1.29 is 23.3 Å². The van der Waals surface area contributed by atoms with Crippen LogP contribution in [-0.4, -0.2) is 37.0 Å². The molecule has 4 aliphatic rings. The molecule has 2 bridgehead atoms. The van der Waals surface area contributed by atoms with Crippen LogP contribution in [0.2, 0.25) is 0 Å². The van der Waals surface area contributed by atoms with Crippen molar-refractivity contribution in [1.29, 1.82) is 0 Å². The Morgan fingerprint density at radius 3 is 2.77 bits per heavy atom. The van der Waals surface area contributed by atoms with E-state index in [1.54, 1.807) is 6.26 Å². The molecule has 2 heterocycles. The molecule has 1 saturated heterocycles. The third-order valence-electron chi connectivity index (χ3n) is 7.94. The summed E-state index contributed by atoms with van der Waals surface area (Å²) in [6.45, 7) is 10.6. The van der Waals surface area contributed by atoms with Crippen LogP contribution in [0.1, 0.15) is 53.0 Å². The van der Waals surface area contributed by atoms with Gasteiger partial charge in [-0.2, -0.15) is 0 Å². The van der Waals surface area contributed by atoms with E-state index in [2.05, 4.69) is 26.1 Å². The lowest BCUT2D eigenvalue weighted by Gasteiger charge is -2.64. The molecule has 1 aromatic carbocycles. The molecule has 1 N–H and O–H groups in total. The highest BCUT2D eigenvalue weighted by atomic mass is 16.7. The highest BCUT2D eigenvalue weighted by Gasteiger charge is 2.68. The second-order valence-corrected chi connectivity index (χ2v) is 10.5. The molecule has 6 rings (SSSR count). The van der Waals surface area contributed by atoms with Gasteiger partial charge in [0.25, 0.3) is 0 Å². The number of hydrogen-bond donors (Lipinski definition) is 1. The topological polar surface area (TPSA) is 69.9 Å². The first kappa shape index (κ1) is 20.9. The predicted octanol–water partition coefficient (Wildman–Crippen LogP) is 4.75. The molecule has 1 aliphatic heterocycles. The molecular weight excluding hydrogens is 393 g/mol. The molecule has 3 aliphatic carbocycles. The first-order chi connectivity index (χ1) is 14.7. The Hall–Kier alpha value is -1.99. The Morgan fingerprint density at radius 2 is 2.03 bits per heavy atom. The molecule has 0 spiro atoms. The van der Waals surface area contributed by atoms with Gasteiger partial charge in [0.05, 0.1) is 30.0 Å². The third-order valence-corrected chi connectivity index (χ3v) is 7.94. The van der Waals surface area contributed by atoms with E-state index in [4.69, 9.17) is 18.5 Å². The maximum atomic E-state index is 12.5. The molecule has 4 fully saturated rings. The molecule has 5 atom stereocenters. The van der Waals surface area contributed by atoms with Crippen molar-refractivity contribution in [3.05, 3.63) is 36.1 Å². The SMILES string of the molecule is CC(C)OC(=O)N[C@@H](Cc1coc2ccccc12)B1O[C@@H]2C[C@@H]3C[C@@H](C3(C)C)[C@]2(C)O1. The summed E-state index contributed by atoms with van der Waals surface area (Å²) in [6, 6.07) is 7.92. The van der Waals surface area contributed by atoms with Crippen LogP contribution in [0.3, 0.4) is 0 Å². The monoisotopic (exact) mass is 425 g/mol. The van der Waals surface area contributed by atoms with Gasteiger partial charge in [0, 0.05) is 5.39 Å². The number of benzene rings is 1. The minimum Gasteiger partial charge on any atom is -0.464 e. The fourth-order valence-electron chi connectivity index (χ4n) is 6.11. The summed E-state index contributed by atoms with van der Waals surface area (Å²) in [6.07, 6.45) is 3.90. The van der Waals surface area contributed by atoms with Crippen LogP contribution in [0.25, 0.3) is 11.0 Å². The zero-order chi connectivity index (χ0) is 22.0. The molecule has 3 saturated carbocycles. The summed E-state index contributed by atoms with van der Waals surface area (Å²) in [7, 11) is -0.529. The minimum atomic E-state index is -0.529. The average molecular weight is 425 g/mol. The number of rotatable bonds is 5. The Balaban J connectivity index is 1.40. The van der Waals surface area contributed by atoms with E-state index in [1.807, 2.05) is 38.1 Å². The molecule has 0 radical (unpaired) electrons. The van der Waals surface area contributed by atoms with Crippen molar-refractivity contribution in [2.24, 2.45) is 17.3 Å². The number of amides is 1. The second-order valence-electron chi connectivity index (χ2n) is 10.5. The number of carbonyl (C=O) groups is 1. The molecule has 6 nitrogen and oxygen atoms in total. The number of alkyl carbamates (subject to hydrolysis) is 1. The lowest BCUT2D eigenvalue weighted by Crippen LogP contribution is -2.65. The zero-order valence-electron chi connectivity index (χ0n) is 19.0. The largest absolute Gasteiger partial charge is 0.482 e. The number of fused-ring (bicyclic) bond motifs is 1. The van der Waals surface area contributed by atoms with Gasteiger partial charge in [-0.15, -0.1) is 0 Å². The Kier molecular flexibility index (Phi) is 4.90. The van der Waals surface area contributed by atoms with Gasteiger partial charge in [0.1, 0.15) is 5.58 Å². The second kappa shape index (κ2) is 7.27. The summed E-state index contributed by atoms with van der Waals surface area (Å²) < 4.78 is 24.2. The van der Waals surface area contributed by atoms with Gasteiger partial charge < -0.3 is 23.8 Å². The lowest BCUT2D eigenvalue weighted by atomic mass is 9.43. The summed E-state index contributed by atoms with van der Waals surface area (Å²) in [5.74, 6) is 0.759. The predicted molar refractivity (Wildman–Crippen MR) is 119 cm³/mol. The normalized spacial score (nSPS) is 31.9. The van der Waals surface area contributed by atoms with Crippen molar-refractivity contribution >= 4 is 24.2 Å². The summed E-state index contributed by atoms with van der Waals surface area (Å²) in [5, 5.41) is 4.06. The van der Waals surface area contributed by atoms with E-state index in [0.717, 1.165) is 23.0 Å². The van der Waals surface area contributed by atoms with Crippen molar-refractivity contribution in [1.82, 2.24) is 5.32 Å². The number of ether oxygens (including phenoxy) is 1. The van der Waals surface area contributed by atoms with Crippen LogP contribution < -0.4 is 5.32 Å². The standard InChI is InChI=1S/C24H32BNO5/c1-14(2)29-22(27)26-21(10-15-13-28-18-9-7-6-8-17(15)18)25-30-20-12-16-11-19(23(16,3)4)24(20,5)31-25/h6-9,13-14,16,19-21H,10-12H2,1-5H3,(H,26,27)/t16-,19-,20+,21-,24-/m0/s1. The highest BCUT2D eigenvalue weighted by Crippen LogP contribution is 2.65. The number of nitrogens with one attached hydrogen (secondary N) is 1. The Bertz CT molecular complexity index is 987. The molecule has 1 aromatic heterocycles. The highest BCUT2D eigenvalue weighted by molar-refractivity contribution is 6.48. The number of para-hydroxylation sites is 1. The molecule has 2 aromatic rings. The van der Waals surface area contributed by atoms with Crippen molar-refractivity contribution in [2.75, 3.05) is 0 Å². The van der Waals surface area contributed by atoms with Crippen LogP contribution in [0.5, 0.6) is 0 Å². The maximum absolute atomic E-state index is 12.5. The van der Waals surface area contributed by atoms with Gasteiger partial charge in [-0.05, 0) is 68.9 Å². The average Bonchev–Trinajstić information content (AvgIpc) is 3.27. The van der Waals surface area contributed by atoms with Gasteiger partial charge in [0.2, 0.25) is 0 Å². The quantitative estimate of drug-likeness (QED) is 0.701. The van der Waals surface area contributed by atoms with E-state index in [0.29, 0.717) is 18.3 Å². The minimum absolute atomic E-state index is 0.0563. The maximum Gasteiger partial charge on any atom is 0.482 e. The first-order valence-electron chi connectivity index (χ1n) is 11.4. The Morgan fingerprint density at radius 1 is 1.26 bits per heavy atom. The van der Waals surface area contributed by atoms with Crippen molar-refractivity contribution in [3.8, 4) is 0 Å². The van der Waals surface area contributed by atoms with Crippen LogP contribution >= 0.6 is 0 Å².